The number of halogens is 1. The van der Waals surface area contributed by atoms with Gasteiger partial charge >= 0.3 is 0 Å². The van der Waals surface area contributed by atoms with E-state index in [1.807, 2.05) is 30.5 Å². The van der Waals surface area contributed by atoms with Gasteiger partial charge < -0.3 is 9.42 Å². The van der Waals surface area contributed by atoms with Gasteiger partial charge in [-0.3, -0.25) is 9.48 Å². The number of nitrogens with zero attached hydrogens (tertiary/aromatic N) is 4. The Balaban J connectivity index is 1.67. The summed E-state index contributed by atoms with van der Waals surface area (Å²) in [6, 6.07) is 6.14. The van der Waals surface area contributed by atoms with Gasteiger partial charge in [0.1, 0.15) is 5.82 Å². The van der Waals surface area contributed by atoms with Gasteiger partial charge in [0.2, 0.25) is 5.91 Å². The van der Waals surface area contributed by atoms with E-state index in [9.17, 15) is 9.18 Å². The maximum absolute atomic E-state index is 13.5. The summed E-state index contributed by atoms with van der Waals surface area (Å²) in [7, 11) is 1.89. The van der Waals surface area contributed by atoms with E-state index in [0.717, 1.165) is 41.8 Å². The molecule has 0 N–H and O–H groups in total. The second-order valence-corrected chi connectivity index (χ2v) is 7.69. The molecule has 2 aromatic heterocycles. The molecule has 152 valence electrons. The highest BCUT2D eigenvalue weighted by molar-refractivity contribution is 5.80. The van der Waals surface area contributed by atoms with Crippen molar-refractivity contribution >= 4 is 5.91 Å². The predicted octanol–water partition coefficient (Wildman–Crippen LogP) is 4.13. The van der Waals surface area contributed by atoms with E-state index in [1.165, 1.54) is 12.1 Å². The number of aryl methyl sites for hydroxylation is 2. The van der Waals surface area contributed by atoms with Crippen molar-refractivity contribution in [2.75, 3.05) is 6.54 Å². The summed E-state index contributed by atoms with van der Waals surface area (Å²) < 4.78 is 20.9. The highest BCUT2D eigenvalue weighted by Gasteiger charge is 2.33. The molecule has 0 aliphatic carbocycles. The van der Waals surface area contributed by atoms with Crippen molar-refractivity contribution in [2.45, 2.75) is 45.6 Å². The fourth-order valence-corrected chi connectivity index (χ4v) is 4.12. The Kier molecular flexibility index (Phi) is 5.22. The van der Waals surface area contributed by atoms with E-state index in [-0.39, 0.29) is 24.2 Å². The van der Waals surface area contributed by atoms with Crippen molar-refractivity contribution in [3.05, 3.63) is 58.8 Å². The quantitative estimate of drug-likeness (QED) is 0.665. The summed E-state index contributed by atoms with van der Waals surface area (Å²) in [5, 5.41) is 8.53. The number of hydrogen-bond acceptors (Lipinski definition) is 4. The third-order valence-electron chi connectivity index (χ3n) is 5.77. The van der Waals surface area contributed by atoms with Crippen LogP contribution in [-0.4, -0.2) is 32.3 Å². The van der Waals surface area contributed by atoms with Gasteiger partial charge in [-0.2, -0.15) is 5.10 Å². The maximum Gasteiger partial charge on any atom is 0.227 e. The molecule has 1 fully saturated rings. The van der Waals surface area contributed by atoms with Crippen LogP contribution in [0.15, 0.2) is 35.0 Å². The summed E-state index contributed by atoms with van der Waals surface area (Å²) in [6.07, 6.45) is 4.81. The van der Waals surface area contributed by atoms with Gasteiger partial charge in [-0.15, -0.1) is 0 Å². The van der Waals surface area contributed by atoms with E-state index in [0.29, 0.717) is 17.9 Å². The number of piperidine rings is 1. The van der Waals surface area contributed by atoms with Crippen LogP contribution in [0.25, 0.3) is 11.3 Å². The summed E-state index contributed by atoms with van der Waals surface area (Å²) in [6.45, 7) is 4.57. The SMILES string of the molecule is Cc1noc(-c2cnn(C)c2[C@@H]2CCCCN2C(=O)Cc2cccc(F)c2)c1C. The van der Waals surface area contributed by atoms with E-state index in [4.69, 9.17) is 4.52 Å². The summed E-state index contributed by atoms with van der Waals surface area (Å²) in [5.74, 6) is 0.377. The lowest BCUT2D eigenvalue weighted by Crippen LogP contribution is -2.40. The minimum atomic E-state index is -0.324. The number of carbonyl (C=O) groups is 1. The number of hydrogen-bond donors (Lipinski definition) is 0. The van der Waals surface area contributed by atoms with Crippen LogP contribution < -0.4 is 0 Å². The normalized spacial score (nSPS) is 17.0. The second-order valence-electron chi connectivity index (χ2n) is 7.69. The van der Waals surface area contributed by atoms with Gasteiger partial charge in [0.15, 0.2) is 5.76 Å². The Morgan fingerprint density at radius 3 is 2.86 bits per heavy atom. The first-order valence-corrected chi connectivity index (χ1v) is 9.94. The van der Waals surface area contributed by atoms with Crippen LogP contribution in [0, 0.1) is 19.7 Å². The first-order chi connectivity index (χ1) is 14.0. The van der Waals surface area contributed by atoms with Gasteiger partial charge in [-0.25, -0.2) is 4.39 Å². The van der Waals surface area contributed by atoms with Crippen molar-refractivity contribution in [2.24, 2.45) is 7.05 Å². The minimum absolute atomic E-state index is 0.00192. The van der Waals surface area contributed by atoms with E-state index >= 15 is 0 Å². The highest BCUT2D eigenvalue weighted by atomic mass is 19.1. The monoisotopic (exact) mass is 396 g/mol. The third kappa shape index (κ3) is 3.69. The number of rotatable bonds is 4. The Bertz CT molecular complexity index is 1040. The van der Waals surface area contributed by atoms with Crippen LogP contribution in [0.4, 0.5) is 4.39 Å². The first kappa shape index (κ1) is 19.4. The molecule has 6 nitrogen and oxygen atoms in total. The Labute approximate surface area is 169 Å². The summed E-state index contributed by atoms with van der Waals surface area (Å²) >= 11 is 0. The molecule has 29 heavy (non-hydrogen) atoms. The first-order valence-electron chi connectivity index (χ1n) is 9.94. The zero-order valence-electron chi connectivity index (χ0n) is 17.0. The van der Waals surface area contributed by atoms with Gasteiger partial charge in [0, 0.05) is 19.2 Å². The number of amides is 1. The number of likely N-dealkylation sites (tertiary alicyclic amines) is 1. The average molecular weight is 396 g/mol. The molecule has 1 saturated heterocycles. The Morgan fingerprint density at radius 2 is 2.14 bits per heavy atom. The molecule has 3 aromatic rings. The van der Waals surface area contributed by atoms with Gasteiger partial charge in [-0.05, 0) is 50.8 Å². The molecule has 1 aliphatic heterocycles. The smallest absolute Gasteiger partial charge is 0.227 e. The lowest BCUT2D eigenvalue weighted by atomic mass is 9.94. The van der Waals surface area contributed by atoms with Crippen molar-refractivity contribution < 1.29 is 13.7 Å². The summed E-state index contributed by atoms with van der Waals surface area (Å²) in [4.78, 5) is 15.1. The number of aromatic nitrogens is 3. The molecule has 0 bridgehead atoms. The standard InChI is InChI=1S/C22H25FN4O2/c1-14-15(2)25-29-22(14)18-13-24-26(3)21(18)19-9-4-5-10-27(19)20(28)12-16-7-6-8-17(23)11-16/h6-8,11,13,19H,4-5,9-10,12H2,1-3H3/t19-/m0/s1. The van der Waals surface area contributed by atoms with Crippen molar-refractivity contribution in [3.63, 3.8) is 0 Å². The molecule has 1 atom stereocenters. The molecule has 0 saturated carbocycles. The van der Waals surface area contributed by atoms with Gasteiger partial charge in [0.05, 0.1) is 35.6 Å². The van der Waals surface area contributed by atoms with Gasteiger partial charge in [-0.1, -0.05) is 17.3 Å². The van der Waals surface area contributed by atoms with E-state index in [1.54, 1.807) is 18.3 Å². The van der Waals surface area contributed by atoms with Crippen molar-refractivity contribution in [1.29, 1.82) is 0 Å². The van der Waals surface area contributed by atoms with E-state index < -0.39 is 0 Å². The Hall–Kier alpha value is -2.96. The zero-order chi connectivity index (χ0) is 20.5. The van der Waals surface area contributed by atoms with E-state index in [2.05, 4.69) is 10.3 Å². The second kappa shape index (κ2) is 7.81. The number of carbonyl (C=O) groups excluding carboxylic acids is 1. The number of benzene rings is 1. The molecule has 3 heterocycles. The maximum atomic E-state index is 13.5. The third-order valence-corrected chi connectivity index (χ3v) is 5.77. The minimum Gasteiger partial charge on any atom is -0.356 e. The fraction of sp³-hybridized carbons (Fsp3) is 0.409. The largest absolute Gasteiger partial charge is 0.356 e. The lowest BCUT2D eigenvalue weighted by Gasteiger charge is -2.36. The zero-order valence-corrected chi connectivity index (χ0v) is 17.0. The van der Waals surface area contributed by atoms with Gasteiger partial charge in [0.25, 0.3) is 0 Å². The average Bonchev–Trinajstić information content (AvgIpc) is 3.24. The van der Waals surface area contributed by atoms with Crippen LogP contribution in [0.5, 0.6) is 0 Å². The Morgan fingerprint density at radius 1 is 1.31 bits per heavy atom. The molecule has 4 rings (SSSR count). The molecular weight excluding hydrogens is 371 g/mol. The molecular formula is C22H25FN4O2. The topological polar surface area (TPSA) is 64.2 Å². The van der Waals surface area contributed by atoms with Crippen molar-refractivity contribution in [1.82, 2.24) is 19.8 Å². The lowest BCUT2D eigenvalue weighted by molar-refractivity contribution is -0.134. The van der Waals surface area contributed by atoms with Crippen LogP contribution in [-0.2, 0) is 18.3 Å². The fourth-order valence-electron chi connectivity index (χ4n) is 4.12. The molecule has 1 amide bonds. The molecule has 0 unspecified atom stereocenters. The summed E-state index contributed by atoms with van der Waals surface area (Å²) in [5.41, 5.74) is 4.34. The molecule has 1 aromatic carbocycles. The molecule has 0 spiro atoms. The van der Waals surface area contributed by atoms with Crippen LogP contribution in [0.3, 0.4) is 0 Å². The highest BCUT2D eigenvalue weighted by Crippen LogP contribution is 2.38. The van der Waals surface area contributed by atoms with Crippen LogP contribution in [0.2, 0.25) is 0 Å². The van der Waals surface area contributed by atoms with Crippen LogP contribution >= 0.6 is 0 Å². The molecule has 1 aliphatic rings. The van der Waals surface area contributed by atoms with Crippen LogP contribution in [0.1, 0.15) is 47.8 Å². The van der Waals surface area contributed by atoms with Crippen molar-refractivity contribution in [3.8, 4) is 11.3 Å². The molecule has 0 radical (unpaired) electrons. The predicted molar refractivity (Wildman–Crippen MR) is 107 cm³/mol. The molecule has 7 heteroatoms.